The standard InChI is InChI=1S/C23H24F4N6O/c1-14-4-3-11-32(18(14)13-29-19-8-6-16(12-28-19)23(25,26)27)22(34)17-7-5-15(2)20(24)21(17)33-30-9-10-31-33/h5-10,12,14,18H,3-4,11,13H2,1-2H3,(H,28,29)/t14-,18-/m1/s1. The number of nitrogens with one attached hydrogen (secondary N) is 1. The molecule has 0 bridgehead atoms. The largest absolute Gasteiger partial charge is 0.417 e. The van der Waals surface area contributed by atoms with E-state index in [-0.39, 0.29) is 41.5 Å². The molecule has 1 aromatic carbocycles. The monoisotopic (exact) mass is 476 g/mol. The SMILES string of the molecule is Cc1ccc(C(=O)N2CCC[C@@H](C)[C@H]2CNc2ccc(C(F)(F)F)cn2)c(-n2nccn2)c1F. The lowest BCUT2D eigenvalue weighted by atomic mass is 9.89. The van der Waals surface area contributed by atoms with Crippen molar-refractivity contribution >= 4 is 11.7 Å². The highest BCUT2D eigenvalue weighted by molar-refractivity contribution is 5.98. The number of anilines is 1. The fraction of sp³-hybridized carbons (Fsp3) is 0.391. The zero-order chi connectivity index (χ0) is 24.5. The molecule has 1 fully saturated rings. The van der Waals surface area contributed by atoms with Crippen LogP contribution in [0, 0.1) is 18.7 Å². The Bertz CT molecular complexity index is 1150. The summed E-state index contributed by atoms with van der Waals surface area (Å²) in [7, 11) is 0. The number of pyridine rings is 1. The Hall–Kier alpha value is -3.50. The molecule has 0 unspecified atom stereocenters. The van der Waals surface area contributed by atoms with Gasteiger partial charge in [0.15, 0.2) is 5.82 Å². The summed E-state index contributed by atoms with van der Waals surface area (Å²) in [6.07, 6.45) is 0.786. The minimum atomic E-state index is -4.46. The van der Waals surface area contributed by atoms with Crippen molar-refractivity contribution in [2.75, 3.05) is 18.4 Å². The summed E-state index contributed by atoms with van der Waals surface area (Å²) in [5.74, 6) is -0.539. The van der Waals surface area contributed by atoms with Gasteiger partial charge >= 0.3 is 6.18 Å². The van der Waals surface area contributed by atoms with Crippen molar-refractivity contribution in [3.63, 3.8) is 0 Å². The van der Waals surface area contributed by atoms with Gasteiger partial charge in [0.2, 0.25) is 0 Å². The first-order valence-corrected chi connectivity index (χ1v) is 10.9. The Kier molecular flexibility index (Phi) is 6.54. The molecular formula is C23H24F4N6O. The Labute approximate surface area is 193 Å². The normalized spacial score (nSPS) is 18.7. The number of carbonyl (C=O) groups excluding carboxylic acids is 1. The number of aromatic nitrogens is 4. The zero-order valence-electron chi connectivity index (χ0n) is 18.7. The first kappa shape index (κ1) is 23.7. The van der Waals surface area contributed by atoms with E-state index in [1.807, 2.05) is 6.92 Å². The van der Waals surface area contributed by atoms with Gasteiger partial charge in [-0.15, -0.1) is 4.80 Å². The molecule has 1 N–H and O–H groups in total. The fourth-order valence-electron chi connectivity index (χ4n) is 4.21. The zero-order valence-corrected chi connectivity index (χ0v) is 18.7. The number of alkyl halides is 3. The Morgan fingerprint density at radius 3 is 2.56 bits per heavy atom. The predicted molar refractivity (Wildman–Crippen MR) is 117 cm³/mol. The number of likely N-dealkylation sites (tertiary alicyclic amines) is 1. The van der Waals surface area contributed by atoms with Crippen molar-refractivity contribution in [1.29, 1.82) is 0 Å². The maximum atomic E-state index is 15.0. The number of amides is 1. The summed E-state index contributed by atoms with van der Waals surface area (Å²) >= 11 is 0. The second-order valence-electron chi connectivity index (χ2n) is 8.41. The molecule has 2 atom stereocenters. The molecule has 0 saturated carbocycles. The molecule has 4 rings (SSSR count). The summed E-state index contributed by atoms with van der Waals surface area (Å²) in [6.45, 7) is 4.37. The van der Waals surface area contributed by atoms with Crippen LogP contribution in [0.2, 0.25) is 0 Å². The van der Waals surface area contributed by atoms with Crippen LogP contribution in [0.3, 0.4) is 0 Å². The van der Waals surface area contributed by atoms with Gasteiger partial charge in [-0.05, 0) is 49.4 Å². The first-order valence-electron chi connectivity index (χ1n) is 10.9. The molecule has 2 aromatic heterocycles. The molecule has 34 heavy (non-hydrogen) atoms. The molecule has 0 aliphatic carbocycles. The highest BCUT2D eigenvalue weighted by Gasteiger charge is 2.35. The van der Waals surface area contributed by atoms with E-state index in [2.05, 4.69) is 20.5 Å². The summed E-state index contributed by atoms with van der Waals surface area (Å²) in [6, 6.07) is 5.07. The van der Waals surface area contributed by atoms with E-state index < -0.39 is 17.6 Å². The maximum absolute atomic E-state index is 15.0. The van der Waals surface area contributed by atoms with Gasteiger partial charge in [-0.3, -0.25) is 4.79 Å². The summed E-state index contributed by atoms with van der Waals surface area (Å²) < 4.78 is 53.4. The smallest absolute Gasteiger partial charge is 0.368 e. The van der Waals surface area contributed by atoms with Crippen molar-refractivity contribution in [2.24, 2.45) is 5.92 Å². The molecule has 0 spiro atoms. The molecule has 11 heteroatoms. The van der Waals surface area contributed by atoms with Crippen molar-refractivity contribution in [3.8, 4) is 5.69 Å². The van der Waals surface area contributed by atoms with Gasteiger partial charge in [0.1, 0.15) is 11.5 Å². The van der Waals surface area contributed by atoms with Crippen LogP contribution in [0.1, 0.15) is 41.3 Å². The van der Waals surface area contributed by atoms with Crippen LogP contribution >= 0.6 is 0 Å². The van der Waals surface area contributed by atoms with Crippen LogP contribution in [0.5, 0.6) is 0 Å². The number of carbonyl (C=O) groups is 1. The van der Waals surface area contributed by atoms with Crippen molar-refractivity contribution < 1.29 is 22.4 Å². The number of rotatable bonds is 5. The van der Waals surface area contributed by atoms with Gasteiger partial charge in [-0.2, -0.15) is 23.4 Å². The molecule has 3 heterocycles. The predicted octanol–water partition coefficient (Wildman–Crippen LogP) is 4.48. The lowest BCUT2D eigenvalue weighted by Gasteiger charge is -2.40. The van der Waals surface area contributed by atoms with Crippen molar-refractivity contribution in [2.45, 2.75) is 38.9 Å². The van der Waals surface area contributed by atoms with Crippen LogP contribution in [0.15, 0.2) is 42.9 Å². The first-order chi connectivity index (χ1) is 16.2. The van der Waals surface area contributed by atoms with Gasteiger partial charge in [-0.1, -0.05) is 13.0 Å². The highest BCUT2D eigenvalue weighted by atomic mass is 19.4. The molecule has 180 valence electrons. The van der Waals surface area contributed by atoms with Gasteiger partial charge in [-0.25, -0.2) is 9.37 Å². The second-order valence-corrected chi connectivity index (χ2v) is 8.41. The quantitative estimate of drug-likeness (QED) is 0.550. The van der Waals surface area contributed by atoms with E-state index in [0.29, 0.717) is 12.1 Å². The molecule has 0 radical (unpaired) electrons. The summed E-state index contributed by atoms with van der Waals surface area (Å²) in [4.78, 5) is 20.3. The van der Waals surface area contributed by atoms with Gasteiger partial charge < -0.3 is 10.2 Å². The number of nitrogens with zero attached hydrogens (tertiary/aromatic N) is 5. The average molecular weight is 476 g/mol. The van der Waals surface area contributed by atoms with Crippen LogP contribution in [-0.4, -0.2) is 49.9 Å². The maximum Gasteiger partial charge on any atom is 0.417 e. The Morgan fingerprint density at radius 1 is 1.18 bits per heavy atom. The second kappa shape index (κ2) is 9.40. The Morgan fingerprint density at radius 2 is 1.91 bits per heavy atom. The number of halogens is 4. The lowest BCUT2D eigenvalue weighted by Crippen LogP contribution is -2.51. The van der Waals surface area contributed by atoms with E-state index in [1.165, 1.54) is 18.5 Å². The number of benzene rings is 1. The van der Waals surface area contributed by atoms with Gasteiger partial charge in [0.05, 0.1) is 29.6 Å². The fourth-order valence-corrected chi connectivity index (χ4v) is 4.21. The minimum Gasteiger partial charge on any atom is -0.368 e. The number of aryl methyl sites for hydroxylation is 1. The van der Waals surface area contributed by atoms with Crippen LogP contribution in [0.4, 0.5) is 23.4 Å². The van der Waals surface area contributed by atoms with E-state index in [4.69, 9.17) is 0 Å². The van der Waals surface area contributed by atoms with E-state index in [0.717, 1.165) is 29.9 Å². The highest BCUT2D eigenvalue weighted by Crippen LogP contribution is 2.30. The summed E-state index contributed by atoms with van der Waals surface area (Å²) in [5.41, 5.74) is -0.333. The van der Waals surface area contributed by atoms with E-state index in [1.54, 1.807) is 24.0 Å². The molecule has 3 aromatic rings. The third-order valence-corrected chi connectivity index (χ3v) is 6.12. The van der Waals surface area contributed by atoms with Gasteiger partial charge in [0.25, 0.3) is 5.91 Å². The number of hydrogen-bond donors (Lipinski definition) is 1. The minimum absolute atomic E-state index is 0.00987. The molecule has 1 aliphatic rings. The molecule has 1 aliphatic heterocycles. The van der Waals surface area contributed by atoms with Crippen LogP contribution in [0.25, 0.3) is 5.69 Å². The van der Waals surface area contributed by atoms with Crippen LogP contribution in [-0.2, 0) is 6.18 Å². The summed E-state index contributed by atoms with van der Waals surface area (Å²) in [5, 5.41) is 11.1. The Balaban J connectivity index is 1.58. The molecule has 1 amide bonds. The van der Waals surface area contributed by atoms with Crippen LogP contribution < -0.4 is 5.32 Å². The van der Waals surface area contributed by atoms with E-state index >= 15 is 4.39 Å². The number of hydrogen-bond acceptors (Lipinski definition) is 5. The van der Waals surface area contributed by atoms with Gasteiger partial charge in [0, 0.05) is 19.3 Å². The molecule has 1 saturated heterocycles. The van der Waals surface area contributed by atoms with Crippen molar-refractivity contribution in [1.82, 2.24) is 24.9 Å². The van der Waals surface area contributed by atoms with E-state index in [9.17, 15) is 18.0 Å². The van der Waals surface area contributed by atoms with Crippen molar-refractivity contribution in [3.05, 3.63) is 65.4 Å². The average Bonchev–Trinajstić information content (AvgIpc) is 3.33. The molecule has 7 nitrogen and oxygen atoms in total. The molecular weight excluding hydrogens is 452 g/mol. The third-order valence-electron chi connectivity index (χ3n) is 6.12. The lowest BCUT2D eigenvalue weighted by molar-refractivity contribution is -0.137. The topological polar surface area (TPSA) is 75.9 Å². The number of piperidine rings is 1. The third kappa shape index (κ3) is 4.73.